The molecule has 0 spiro atoms. The summed E-state index contributed by atoms with van der Waals surface area (Å²) in [6, 6.07) is 23.7. The number of hydrogen-bond donors (Lipinski definition) is 1. The van der Waals surface area contributed by atoms with Crippen molar-refractivity contribution < 1.29 is 24.2 Å². The number of ether oxygens (including phenoxy) is 2. The highest BCUT2D eigenvalue weighted by Crippen LogP contribution is 2.44. The molecule has 6 nitrogen and oxygen atoms in total. The average Bonchev–Trinajstić information content (AvgIpc) is 3.05. The molecule has 1 heterocycles. The number of hydrogen-bond acceptors (Lipinski definition) is 5. The number of rotatable bonds is 6. The molecular formula is C26H24ClNO5. The van der Waals surface area contributed by atoms with Gasteiger partial charge in [0.25, 0.3) is 0 Å². The van der Waals surface area contributed by atoms with Crippen LogP contribution >= 0.6 is 11.6 Å². The molecular weight excluding hydrogens is 442 g/mol. The Morgan fingerprint density at radius 1 is 1.03 bits per heavy atom. The van der Waals surface area contributed by atoms with Gasteiger partial charge in [0, 0.05) is 5.02 Å². The van der Waals surface area contributed by atoms with E-state index in [1.807, 2.05) is 36.4 Å². The molecule has 4 rings (SSSR count). The van der Waals surface area contributed by atoms with Crippen LogP contribution in [0, 0.1) is 0 Å². The van der Waals surface area contributed by atoms with Crippen LogP contribution in [0.4, 0.5) is 4.79 Å². The first-order valence-corrected chi connectivity index (χ1v) is 10.9. The molecule has 1 fully saturated rings. The molecule has 0 aliphatic carbocycles. The number of nitrogens with zero attached hydrogens (tertiary/aromatic N) is 1. The molecule has 33 heavy (non-hydrogen) atoms. The zero-order valence-corrected chi connectivity index (χ0v) is 19.0. The van der Waals surface area contributed by atoms with Gasteiger partial charge in [0.15, 0.2) is 0 Å². The van der Waals surface area contributed by atoms with E-state index < -0.39 is 36.0 Å². The van der Waals surface area contributed by atoms with Crippen molar-refractivity contribution in [1.29, 1.82) is 0 Å². The Morgan fingerprint density at radius 3 is 2.30 bits per heavy atom. The molecule has 1 N–H and O–H groups in total. The van der Waals surface area contributed by atoms with Crippen LogP contribution in [-0.2, 0) is 9.47 Å². The molecule has 0 bridgehead atoms. The lowest BCUT2D eigenvalue weighted by Crippen LogP contribution is -2.46. The number of esters is 1. The van der Waals surface area contributed by atoms with Crippen LogP contribution in [0.5, 0.6) is 0 Å². The normalized spacial score (nSPS) is 19.0. The number of carbonyl (C=O) groups is 2. The van der Waals surface area contributed by atoms with Crippen molar-refractivity contribution in [3.8, 4) is 0 Å². The van der Waals surface area contributed by atoms with Crippen LogP contribution in [0.15, 0.2) is 84.9 Å². The third-order valence-corrected chi connectivity index (χ3v) is 5.82. The van der Waals surface area contributed by atoms with Crippen LogP contribution in [0.3, 0.4) is 0 Å². The summed E-state index contributed by atoms with van der Waals surface area (Å²) in [5.74, 6) is -0.721. The van der Waals surface area contributed by atoms with Crippen molar-refractivity contribution in [2.24, 2.45) is 0 Å². The molecule has 3 aromatic carbocycles. The lowest BCUT2D eigenvalue weighted by Gasteiger charge is -2.36. The standard InChI is InChI=1S/C26H24ClNO5/c1-26(2)22(18-12-7-4-8-13-18)28(25(31)33-26)23(21(29)17-10-5-3-6-11-17)32-24(30)19-14-9-15-20(27)16-19/h3-16,21-23,29H,1-2H3/t21-,22-,23+/m0/s1. The Kier molecular flexibility index (Phi) is 6.40. The highest BCUT2D eigenvalue weighted by atomic mass is 35.5. The van der Waals surface area contributed by atoms with Crippen molar-refractivity contribution >= 4 is 23.7 Å². The fourth-order valence-corrected chi connectivity index (χ4v) is 4.29. The molecule has 0 radical (unpaired) electrons. The van der Waals surface area contributed by atoms with Crippen molar-refractivity contribution in [2.75, 3.05) is 0 Å². The van der Waals surface area contributed by atoms with Gasteiger partial charge in [-0.15, -0.1) is 0 Å². The largest absolute Gasteiger partial charge is 0.441 e. The Morgan fingerprint density at radius 2 is 1.67 bits per heavy atom. The predicted octanol–water partition coefficient (Wildman–Crippen LogP) is 5.53. The summed E-state index contributed by atoms with van der Waals surface area (Å²) in [5, 5.41) is 11.7. The van der Waals surface area contributed by atoms with Gasteiger partial charge < -0.3 is 14.6 Å². The number of amides is 1. The fraction of sp³-hybridized carbons (Fsp3) is 0.231. The Labute approximate surface area is 197 Å². The van der Waals surface area contributed by atoms with Gasteiger partial charge >= 0.3 is 12.1 Å². The van der Waals surface area contributed by atoms with Gasteiger partial charge in [-0.05, 0) is 43.2 Å². The lowest BCUT2D eigenvalue weighted by molar-refractivity contribution is -0.0897. The van der Waals surface area contributed by atoms with E-state index in [9.17, 15) is 14.7 Å². The first kappa shape index (κ1) is 22.8. The average molecular weight is 466 g/mol. The first-order valence-electron chi connectivity index (χ1n) is 10.5. The molecule has 0 aromatic heterocycles. The molecule has 170 valence electrons. The van der Waals surface area contributed by atoms with Crippen LogP contribution in [0.1, 0.15) is 47.5 Å². The van der Waals surface area contributed by atoms with E-state index in [2.05, 4.69) is 0 Å². The van der Waals surface area contributed by atoms with Gasteiger partial charge in [0.1, 0.15) is 17.7 Å². The summed E-state index contributed by atoms with van der Waals surface area (Å²) >= 11 is 6.03. The SMILES string of the molecule is CC1(C)OC(=O)N([C@H](OC(=O)c2cccc(Cl)c2)[C@@H](O)c2ccccc2)[C@H]1c1ccccc1. The molecule has 3 atom stereocenters. The quantitative estimate of drug-likeness (QED) is 0.484. The van der Waals surface area contributed by atoms with E-state index >= 15 is 0 Å². The van der Waals surface area contributed by atoms with E-state index in [1.54, 1.807) is 56.3 Å². The van der Waals surface area contributed by atoms with Crippen molar-refractivity contribution in [1.82, 2.24) is 4.90 Å². The van der Waals surface area contributed by atoms with Gasteiger partial charge in [-0.25, -0.2) is 9.59 Å². The molecule has 1 aliphatic heterocycles. The second-order valence-corrected chi connectivity index (χ2v) is 8.79. The molecule has 1 saturated heterocycles. The van der Waals surface area contributed by atoms with Gasteiger partial charge in [0.2, 0.25) is 6.23 Å². The summed E-state index contributed by atoms with van der Waals surface area (Å²) in [5.41, 5.74) is 0.550. The van der Waals surface area contributed by atoms with E-state index in [0.717, 1.165) is 5.56 Å². The van der Waals surface area contributed by atoms with E-state index in [0.29, 0.717) is 10.6 Å². The number of carbonyl (C=O) groups excluding carboxylic acids is 2. The predicted molar refractivity (Wildman–Crippen MR) is 124 cm³/mol. The highest BCUT2D eigenvalue weighted by Gasteiger charge is 2.54. The number of halogens is 1. The van der Waals surface area contributed by atoms with Crippen LogP contribution in [-0.4, -0.2) is 33.9 Å². The highest BCUT2D eigenvalue weighted by molar-refractivity contribution is 6.30. The van der Waals surface area contributed by atoms with E-state index in [-0.39, 0.29) is 5.56 Å². The summed E-state index contributed by atoms with van der Waals surface area (Å²) in [6.07, 6.45) is -3.35. The van der Waals surface area contributed by atoms with Crippen LogP contribution in [0.2, 0.25) is 5.02 Å². The molecule has 1 aliphatic rings. The lowest BCUT2D eigenvalue weighted by atomic mass is 9.91. The minimum atomic E-state index is -1.35. The summed E-state index contributed by atoms with van der Waals surface area (Å²) in [7, 11) is 0. The zero-order chi connectivity index (χ0) is 23.6. The first-order chi connectivity index (χ1) is 15.8. The smallest absolute Gasteiger partial charge is 0.414 e. The van der Waals surface area contributed by atoms with Crippen LogP contribution < -0.4 is 0 Å². The zero-order valence-electron chi connectivity index (χ0n) is 18.2. The Balaban J connectivity index is 1.77. The molecule has 0 saturated carbocycles. The van der Waals surface area contributed by atoms with E-state index in [4.69, 9.17) is 21.1 Å². The molecule has 1 amide bonds. The van der Waals surface area contributed by atoms with E-state index in [1.165, 1.54) is 11.0 Å². The minimum Gasteiger partial charge on any atom is -0.441 e. The number of cyclic esters (lactones) is 1. The van der Waals surface area contributed by atoms with Gasteiger partial charge in [0.05, 0.1) is 5.56 Å². The maximum Gasteiger partial charge on any atom is 0.414 e. The van der Waals surface area contributed by atoms with Crippen molar-refractivity contribution in [3.63, 3.8) is 0 Å². The third kappa shape index (κ3) is 4.72. The van der Waals surface area contributed by atoms with Crippen molar-refractivity contribution in [2.45, 2.75) is 37.8 Å². The van der Waals surface area contributed by atoms with Gasteiger partial charge in [-0.3, -0.25) is 4.90 Å². The maximum atomic E-state index is 13.1. The van der Waals surface area contributed by atoms with Crippen LogP contribution in [0.25, 0.3) is 0 Å². The molecule has 7 heteroatoms. The third-order valence-electron chi connectivity index (χ3n) is 5.59. The molecule has 3 aromatic rings. The minimum absolute atomic E-state index is 0.204. The second kappa shape index (κ2) is 9.25. The Hall–Kier alpha value is -3.35. The topological polar surface area (TPSA) is 76.1 Å². The number of aliphatic hydroxyl groups is 1. The summed E-state index contributed by atoms with van der Waals surface area (Å²) in [6.45, 7) is 3.57. The Bertz CT molecular complexity index is 1140. The monoisotopic (exact) mass is 465 g/mol. The van der Waals surface area contributed by atoms with Gasteiger partial charge in [-0.2, -0.15) is 0 Å². The maximum absolute atomic E-state index is 13.1. The van der Waals surface area contributed by atoms with Crippen molar-refractivity contribution in [3.05, 3.63) is 107 Å². The molecule has 0 unspecified atom stereocenters. The second-order valence-electron chi connectivity index (χ2n) is 8.35. The van der Waals surface area contributed by atoms with Gasteiger partial charge in [-0.1, -0.05) is 78.3 Å². The number of benzene rings is 3. The summed E-state index contributed by atoms with van der Waals surface area (Å²) < 4.78 is 11.4. The fourth-order valence-electron chi connectivity index (χ4n) is 4.10. The number of aliphatic hydroxyl groups excluding tert-OH is 1. The summed E-state index contributed by atoms with van der Waals surface area (Å²) in [4.78, 5) is 27.4.